The van der Waals surface area contributed by atoms with Crippen molar-refractivity contribution in [2.24, 2.45) is 5.92 Å². The van der Waals surface area contributed by atoms with Crippen LogP contribution in [0.3, 0.4) is 0 Å². The molecule has 3 aromatic rings. The first-order valence-corrected chi connectivity index (χ1v) is 9.72. The summed E-state index contributed by atoms with van der Waals surface area (Å²) in [5.41, 5.74) is -0.937. The SMILES string of the molecule is CC(Cc1cc(F)c(OCc2c(C(F)(F)F)ccn2-c2ccc(Cl)cc2)c(F)c1)C(=O)O. The van der Waals surface area contributed by atoms with Crippen LogP contribution in [0.5, 0.6) is 5.75 Å². The highest BCUT2D eigenvalue weighted by Gasteiger charge is 2.36. The van der Waals surface area contributed by atoms with E-state index >= 15 is 0 Å². The molecule has 0 radical (unpaired) electrons. The van der Waals surface area contributed by atoms with E-state index in [9.17, 15) is 26.7 Å². The largest absolute Gasteiger partial charge is 0.481 e. The number of carboxylic acid groups (broad SMARTS) is 1. The van der Waals surface area contributed by atoms with Crippen molar-refractivity contribution in [1.29, 1.82) is 0 Å². The molecule has 1 atom stereocenters. The number of ether oxygens (including phenoxy) is 1. The topological polar surface area (TPSA) is 51.5 Å². The molecule has 0 amide bonds. The lowest BCUT2D eigenvalue weighted by Gasteiger charge is -2.16. The van der Waals surface area contributed by atoms with Gasteiger partial charge in [0.25, 0.3) is 0 Å². The Labute approximate surface area is 184 Å². The molecule has 1 heterocycles. The Morgan fingerprint density at radius 3 is 2.25 bits per heavy atom. The lowest BCUT2D eigenvalue weighted by Crippen LogP contribution is -2.14. The van der Waals surface area contributed by atoms with Gasteiger partial charge in [-0.25, -0.2) is 8.78 Å². The molecule has 0 aliphatic rings. The van der Waals surface area contributed by atoms with Crippen molar-refractivity contribution < 1.29 is 36.6 Å². The number of carbonyl (C=O) groups is 1. The minimum absolute atomic E-state index is 0.0859. The highest BCUT2D eigenvalue weighted by Crippen LogP contribution is 2.35. The summed E-state index contributed by atoms with van der Waals surface area (Å²) >= 11 is 5.82. The van der Waals surface area contributed by atoms with Crippen molar-refractivity contribution in [2.45, 2.75) is 26.1 Å². The summed E-state index contributed by atoms with van der Waals surface area (Å²) in [5, 5.41) is 9.32. The van der Waals surface area contributed by atoms with Gasteiger partial charge in [-0.1, -0.05) is 18.5 Å². The molecule has 2 aromatic carbocycles. The minimum atomic E-state index is -4.72. The fourth-order valence-corrected chi connectivity index (χ4v) is 3.29. The summed E-state index contributed by atoms with van der Waals surface area (Å²) in [6.07, 6.45) is -3.67. The molecule has 1 unspecified atom stereocenters. The van der Waals surface area contributed by atoms with Gasteiger partial charge >= 0.3 is 12.1 Å². The van der Waals surface area contributed by atoms with E-state index < -0.39 is 47.6 Å². The number of rotatable bonds is 7. The zero-order chi connectivity index (χ0) is 23.6. The van der Waals surface area contributed by atoms with Gasteiger partial charge in [-0.15, -0.1) is 0 Å². The van der Waals surface area contributed by atoms with Crippen LogP contribution >= 0.6 is 11.6 Å². The Kier molecular flexibility index (Phi) is 6.78. The molecule has 0 aliphatic heterocycles. The van der Waals surface area contributed by atoms with Gasteiger partial charge in [-0.3, -0.25) is 4.79 Å². The number of halogens is 6. The average molecular weight is 474 g/mol. The molecule has 10 heteroatoms. The third-order valence-electron chi connectivity index (χ3n) is 4.78. The fraction of sp³-hybridized carbons (Fsp3) is 0.227. The summed E-state index contributed by atoms with van der Waals surface area (Å²) in [6.45, 7) is 0.606. The summed E-state index contributed by atoms with van der Waals surface area (Å²) in [7, 11) is 0. The zero-order valence-corrected chi connectivity index (χ0v) is 17.3. The maximum atomic E-state index is 14.4. The molecule has 1 aromatic heterocycles. The van der Waals surface area contributed by atoms with Crippen LogP contribution in [-0.2, 0) is 24.0 Å². The second-order valence-corrected chi connectivity index (χ2v) is 7.58. The number of hydrogen-bond donors (Lipinski definition) is 1. The van der Waals surface area contributed by atoms with Gasteiger partial charge in [0, 0.05) is 16.9 Å². The maximum absolute atomic E-state index is 14.4. The third kappa shape index (κ3) is 5.21. The molecule has 0 saturated heterocycles. The van der Waals surface area contributed by atoms with Crippen LogP contribution in [0.1, 0.15) is 23.7 Å². The maximum Gasteiger partial charge on any atom is 0.418 e. The quantitative estimate of drug-likeness (QED) is 0.411. The minimum Gasteiger partial charge on any atom is -0.481 e. The van der Waals surface area contributed by atoms with Gasteiger partial charge in [0.2, 0.25) is 0 Å². The highest BCUT2D eigenvalue weighted by molar-refractivity contribution is 6.30. The zero-order valence-electron chi connectivity index (χ0n) is 16.6. The van der Waals surface area contributed by atoms with Crippen LogP contribution in [0.4, 0.5) is 22.0 Å². The van der Waals surface area contributed by atoms with Gasteiger partial charge in [-0.2, -0.15) is 13.2 Å². The molecule has 0 saturated carbocycles. The van der Waals surface area contributed by atoms with Gasteiger partial charge in [0.05, 0.1) is 17.2 Å². The summed E-state index contributed by atoms with van der Waals surface area (Å²) < 4.78 is 75.6. The number of benzene rings is 2. The number of aliphatic carboxylic acids is 1. The molecule has 0 bridgehead atoms. The fourth-order valence-electron chi connectivity index (χ4n) is 3.16. The van der Waals surface area contributed by atoms with E-state index in [2.05, 4.69) is 0 Å². The van der Waals surface area contributed by atoms with E-state index in [1.54, 1.807) is 0 Å². The summed E-state index contributed by atoms with van der Waals surface area (Å²) in [4.78, 5) is 10.9. The monoisotopic (exact) mass is 473 g/mol. The van der Waals surface area contributed by atoms with Gasteiger partial charge < -0.3 is 14.4 Å². The van der Waals surface area contributed by atoms with Crippen LogP contribution in [0.25, 0.3) is 5.69 Å². The van der Waals surface area contributed by atoms with E-state index in [1.807, 2.05) is 0 Å². The van der Waals surface area contributed by atoms with Crippen molar-refractivity contribution in [3.05, 3.63) is 82.1 Å². The normalized spacial score (nSPS) is 12.6. The second kappa shape index (κ2) is 9.20. The van der Waals surface area contributed by atoms with Crippen molar-refractivity contribution in [3.63, 3.8) is 0 Å². The predicted molar refractivity (Wildman–Crippen MR) is 107 cm³/mol. The van der Waals surface area contributed by atoms with Gasteiger partial charge in [0.1, 0.15) is 6.61 Å². The van der Waals surface area contributed by atoms with Gasteiger partial charge in [0.15, 0.2) is 17.4 Å². The average Bonchev–Trinajstić information content (AvgIpc) is 3.12. The van der Waals surface area contributed by atoms with Crippen LogP contribution in [0.15, 0.2) is 48.7 Å². The summed E-state index contributed by atoms with van der Waals surface area (Å²) in [6, 6.07) is 8.62. The number of aromatic nitrogens is 1. The Hall–Kier alpha value is -3.07. The predicted octanol–water partition coefficient (Wildman–Crippen LogP) is 6.27. The van der Waals surface area contributed by atoms with Crippen LogP contribution in [-0.4, -0.2) is 15.6 Å². The Balaban J connectivity index is 1.91. The third-order valence-corrected chi connectivity index (χ3v) is 5.03. The first kappa shape index (κ1) is 23.6. The van der Waals surface area contributed by atoms with Crippen LogP contribution < -0.4 is 4.74 Å². The molecule has 170 valence electrons. The Morgan fingerprint density at radius 1 is 1.12 bits per heavy atom. The van der Waals surface area contributed by atoms with E-state index in [-0.39, 0.29) is 17.7 Å². The summed E-state index contributed by atoms with van der Waals surface area (Å²) in [5.74, 6) is -5.15. The van der Waals surface area contributed by atoms with E-state index in [1.165, 1.54) is 42.0 Å². The Morgan fingerprint density at radius 2 is 1.72 bits per heavy atom. The highest BCUT2D eigenvalue weighted by atomic mass is 35.5. The first-order valence-electron chi connectivity index (χ1n) is 9.34. The lowest BCUT2D eigenvalue weighted by molar-refractivity contribution is -0.141. The second-order valence-electron chi connectivity index (χ2n) is 7.14. The Bertz CT molecular complexity index is 1100. The molecule has 1 N–H and O–H groups in total. The molecule has 32 heavy (non-hydrogen) atoms. The molecule has 0 spiro atoms. The molecule has 3 rings (SSSR count). The van der Waals surface area contributed by atoms with E-state index in [4.69, 9.17) is 21.4 Å². The van der Waals surface area contributed by atoms with Crippen molar-refractivity contribution in [2.75, 3.05) is 0 Å². The lowest BCUT2D eigenvalue weighted by atomic mass is 10.0. The molecule has 0 fully saturated rings. The van der Waals surface area contributed by atoms with Crippen molar-refractivity contribution in [1.82, 2.24) is 4.57 Å². The van der Waals surface area contributed by atoms with E-state index in [0.29, 0.717) is 10.7 Å². The van der Waals surface area contributed by atoms with Crippen molar-refractivity contribution >= 4 is 17.6 Å². The van der Waals surface area contributed by atoms with Crippen LogP contribution in [0, 0.1) is 17.6 Å². The molecule has 0 aliphatic carbocycles. The smallest absolute Gasteiger partial charge is 0.418 e. The molecule has 4 nitrogen and oxygen atoms in total. The number of alkyl halides is 3. The number of hydrogen-bond acceptors (Lipinski definition) is 2. The number of carboxylic acids is 1. The molecular weight excluding hydrogens is 457 g/mol. The van der Waals surface area contributed by atoms with E-state index in [0.717, 1.165) is 18.2 Å². The van der Waals surface area contributed by atoms with Crippen LogP contribution in [0.2, 0.25) is 5.02 Å². The number of nitrogens with zero attached hydrogens (tertiary/aromatic N) is 1. The molecular formula is C22H17ClF5NO3. The van der Waals surface area contributed by atoms with Gasteiger partial charge in [-0.05, 0) is 54.4 Å². The standard InChI is InChI=1S/C22H17ClF5NO3/c1-12(21(30)31)8-13-9-17(24)20(18(25)10-13)32-11-19-16(22(26,27)28)6-7-29(19)15-4-2-14(23)3-5-15/h2-7,9-10,12H,8,11H2,1H3,(H,30,31). The first-order chi connectivity index (χ1) is 15.0. The van der Waals surface area contributed by atoms with Crippen molar-refractivity contribution in [3.8, 4) is 11.4 Å².